The molecule has 0 radical (unpaired) electrons. The molecule has 1 heterocycles. The lowest BCUT2D eigenvalue weighted by atomic mass is 10.2. The lowest BCUT2D eigenvalue weighted by Crippen LogP contribution is -2.18. The number of carbonyl (C=O) groups is 1. The number of esters is 1. The first-order valence-electron chi connectivity index (χ1n) is 5.72. The minimum atomic E-state index is -0.398. The molecule has 0 bridgehead atoms. The Kier molecular flexibility index (Phi) is 5.20. The monoisotopic (exact) mass is 235 g/mol. The van der Waals surface area contributed by atoms with Crippen molar-refractivity contribution in [2.45, 2.75) is 26.8 Å². The summed E-state index contributed by atoms with van der Waals surface area (Å²) in [5.41, 5.74) is 0.647. The van der Waals surface area contributed by atoms with E-state index in [0.717, 1.165) is 6.42 Å². The van der Waals surface area contributed by atoms with E-state index >= 15 is 0 Å². The topological polar surface area (TPSA) is 48.3 Å². The zero-order valence-corrected chi connectivity index (χ0v) is 10.2. The van der Waals surface area contributed by atoms with Crippen LogP contribution < -0.4 is 5.56 Å². The van der Waals surface area contributed by atoms with Crippen molar-refractivity contribution < 1.29 is 9.53 Å². The summed E-state index contributed by atoms with van der Waals surface area (Å²) < 4.78 is 6.39. The average Bonchev–Trinajstić information content (AvgIpc) is 2.30. The predicted molar refractivity (Wildman–Crippen MR) is 66.7 cm³/mol. The van der Waals surface area contributed by atoms with Gasteiger partial charge in [-0.25, -0.2) is 4.79 Å². The lowest BCUT2D eigenvalue weighted by Gasteiger charge is -2.02. The van der Waals surface area contributed by atoms with Gasteiger partial charge in [0, 0.05) is 24.9 Å². The second-order valence-electron chi connectivity index (χ2n) is 3.58. The van der Waals surface area contributed by atoms with Gasteiger partial charge in [-0.15, -0.1) is 0 Å². The maximum atomic E-state index is 11.6. The summed E-state index contributed by atoms with van der Waals surface area (Å²) in [6, 6.07) is 3.30. The molecule has 1 aromatic heterocycles. The Bertz CT molecular complexity index is 460. The molecule has 0 aliphatic carbocycles. The van der Waals surface area contributed by atoms with Crippen molar-refractivity contribution >= 4 is 12.0 Å². The summed E-state index contributed by atoms with van der Waals surface area (Å²) in [5.74, 6) is -0.398. The number of aryl methyl sites for hydroxylation is 1. The molecule has 0 aromatic carbocycles. The Morgan fingerprint density at radius 2 is 2.24 bits per heavy atom. The van der Waals surface area contributed by atoms with Gasteiger partial charge in [0.25, 0.3) is 5.56 Å². The summed E-state index contributed by atoms with van der Waals surface area (Å²) in [7, 11) is 0. The van der Waals surface area contributed by atoms with E-state index in [9.17, 15) is 9.59 Å². The fourth-order valence-corrected chi connectivity index (χ4v) is 1.41. The molecular weight excluding hydrogens is 218 g/mol. The van der Waals surface area contributed by atoms with Gasteiger partial charge in [-0.1, -0.05) is 6.92 Å². The second-order valence-corrected chi connectivity index (χ2v) is 3.58. The second kappa shape index (κ2) is 6.68. The van der Waals surface area contributed by atoms with Crippen LogP contribution in [0.2, 0.25) is 0 Å². The van der Waals surface area contributed by atoms with Crippen LogP contribution in [0, 0.1) is 0 Å². The molecule has 0 spiro atoms. The Balaban J connectivity index is 2.77. The zero-order chi connectivity index (χ0) is 12.7. The molecule has 17 heavy (non-hydrogen) atoms. The molecular formula is C13H17NO3. The van der Waals surface area contributed by atoms with Gasteiger partial charge in [0.05, 0.1) is 6.61 Å². The van der Waals surface area contributed by atoms with Crippen molar-refractivity contribution in [3.05, 3.63) is 40.3 Å². The maximum Gasteiger partial charge on any atom is 0.330 e. The Hall–Kier alpha value is -1.84. The molecule has 0 saturated carbocycles. The van der Waals surface area contributed by atoms with E-state index in [1.807, 2.05) is 6.92 Å². The van der Waals surface area contributed by atoms with Crippen LogP contribution >= 0.6 is 0 Å². The fourth-order valence-electron chi connectivity index (χ4n) is 1.41. The SMILES string of the molecule is CCCn1ccc(C=CC(=O)OCC)cc1=O. The molecule has 0 unspecified atom stereocenters. The molecule has 0 aliphatic rings. The van der Waals surface area contributed by atoms with Gasteiger partial charge in [-0.05, 0) is 31.1 Å². The Morgan fingerprint density at radius 3 is 2.82 bits per heavy atom. The van der Waals surface area contributed by atoms with E-state index in [1.165, 1.54) is 12.1 Å². The highest BCUT2D eigenvalue weighted by Crippen LogP contribution is 1.99. The van der Waals surface area contributed by atoms with E-state index in [4.69, 9.17) is 4.74 Å². The molecule has 92 valence electrons. The minimum Gasteiger partial charge on any atom is -0.463 e. The normalized spacial score (nSPS) is 10.7. The van der Waals surface area contributed by atoms with Crippen molar-refractivity contribution in [2.24, 2.45) is 0 Å². The molecule has 1 aromatic rings. The number of nitrogens with zero attached hydrogens (tertiary/aromatic N) is 1. The van der Waals surface area contributed by atoms with Crippen LogP contribution in [0.5, 0.6) is 0 Å². The van der Waals surface area contributed by atoms with E-state index < -0.39 is 5.97 Å². The molecule has 4 nitrogen and oxygen atoms in total. The standard InChI is InChI=1S/C13H17NO3/c1-3-8-14-9-7-11(10-12(14)15)5-6-13(16)17-4-2/h5-7,9-10H,3-4,8H2,1-2H3. The van der Waals surface area contributed by atoms with Crippen molar-refractivity contribution in [3.8, 4) is 0 Å². The zero-order valence-electron chi connectivity index (χ0n) is 10.2. The summed E-state index contributed by atoms with van der Waals surface area (Å²) in [4.78, 5) is 22.7. The van der Waals surface area contributed by atoms with Crippen molar-refractivity contribution in [3.63, 3.8) is 0 Å². The molecule has 0 aliphatic heterocycles. The van der Waals surface area contributed by atoms with Crippen LogP contribution in [0.1, 0.15) is 25.8 Å². The van der Waals surface area contributed by atoms with Crippen LogP contribution in [-0.4, -0.2) is 17.1 Å². The van der Waals surface area contributed by atoms with Gasteiger partial charge >= 0.3 is 5.97 Å². The Morgan fingerprint density at radius 1 is 1.47 bits per heavy atom. The molecule has 0 fully saturated rings. The van der Waals surface area contributed by atoms with Crippen LogP contribution in [-0.2, 0) is 16.1 Å². The largest absolute Gasteiger partial charge is 0.463 e. The number of hydrogen-bond acceptors (Lipinski definition) is 3. The molecule has 0 saturated heterocycles. The fraction of sp³-hybridized carbons (Fsp3) is 0.385. The van der Waals surface area contributed by atoms with E-state index in [-0.39, 0.29) is 5.56 Å². The van der Waals surface area contributed by atoms with Gasteiger partial charge < -0.3 is 9.30 Å². The molecule has 0 N–H and O–H groups in total. The lowest BCUT2D eigenvalue weighted by molar-refractivity contribution is -0.137. The third-order valence-corrected chi connectivity index (χ3v) is 2.18. The predicted octanol–water partition coefficient (Wildman–Crippen LogP) is 1.83. The van der Waals surface area contributed by atoms with Crippen LogP contribution in [0.15, 0.2) is 29.2 Å². The number of hydrogen-bond donors (Lipinski definition) is 0. The van der Waals surface area contributed by atoms with Gasteiger partial charge in [0.2, 0.25) is 0 Å². The van der Waals surface area contributed by atoms with Crippen molar-refractivity contribution in [2.75, 3.05) is 6.61 Å². The maximum absolute atomic E-state index is 11.6. The van der Waals surface area contributed by atoms with Gasteiger partial charge in [0.1, 0.15) is 0 Å². The van der Waals surface area contributed by atoms with Crippen molar-refractivity contribution in [1.29, 1.82) is 0 Å². The van der Waals surface area contributed by atoms with E-state index in [1.54, 1.807) is 29.8 Å². The quantitative estimate of drug-likeness (QED) is 0.578. The summed E-state index contributed by atoms with van der Waals surface area (Å²) in [6.45, 7) is 4.82. The number of carbonyl (C=O) groups excluding carboxylic acids is 1. The molecule has 0 atom stereocenters. The smallest absolute Gasteiger partial charge is 0.330 e. The highest BCUT2D eigenvalue weighted by atomic mass is 16.5. The summed E-state index contributed by atoms with van der Waals surface area (Å²) in [6.07, 6.45) is 5.55. The van der Waals surface area contributed by atoms with Crippen LogP contribution in [0.25, 0.3) is 6.08 Å². The first-order chi connectivity index (χ1) is 8.17. The highest BCUT2D eigenvalue weighted by Gasteiger charge is 1.97. The first kappa shape index (κ1) is 13.2. The van der Waals surface area contributed by atoms with E-state index in [0.29, 0.717) is 18.7 Å². The molecule has 1 rings (SSSR count). The van der Waals surface area contributed by atoms with Gasteiger partial charge in [-0.2, -0.15) is 0 Å². The molecule has 4 heteroatoms. The summed E-state index contributed by atoms with van der Waals surface area (Å²) in [5, 5.41) is 0. The Labute approximate surface area is 101 Å². The first-order valence-corrected chi connectivity index (χ1v) is 5.72. The van der Waals surface area contributed by atoms with Crippen molar-refractivity contribution in [1.82, 2.24) is 4.57 Å². The number of ether oxygens (including phenoxy) is 1. The van der Waals surface area contributed by atoms with Crippen LogP contribution in [0.4, 0.5) is 0 Å². The number of aromatic nitrogens is 1. The van der Waals surface area contributed by atoms with Crippen LogP contribution in [0.3, 0.4) is 0 Å². The minimum absolute atomic E-state index is 0.0575. The highest BCUT2D eigenvalue weighted by molar-refractivity contribution is 5.86. The molecule has 0 amide bonds. The third kappa shape index (κ3) is 4.26. The average molecular weight is 235 g/mol. The van der Waals surface area contributed by atoms with Gasteiger partial charge in [0.15, 0.2) is 0 Å². The third-order valence-electron chi connectivity index (χ3n) is 2.18. The number of rotatable bonds is 5. The van der Waals surface area contributed by atoms with Gasteiger partial charge in [-0.3, -0.25) is 4.79 Å². The van der Waals surface area contributed by atoms with E-state index in [2.05, 4.69) is 0 Å². The number of pyridine rings is 1. The summed E-state index contributed by atoms with van der Waals surface area (Å²) >= 11 is 0.